The Kier molecular flexibility index (Phi) is 4.96. The van der Waals surface area contributed by atoms with Crippen molar-refractivity contribution in [2.24, 2.45) is 0 Å². The summed E-state index contributed by atoms with van der Waals surface area (Å²) < 4.78 is 18.8. The molecule has 0 amide bonds. The summed E-state index contributed by atoms with van der Waals surface area (Å²) in [5, 5.41) is 3.21. The number of halogens is 2. The van der Waals surface area contributed by atoms with Crippen LogP contribution in [0.25, 0.3) is 0 Å². The van der Waals surface area contributed by atoms with E-state index in [0.29, 0.717) is 12.1 Å². The average Bonchev–Trinajstić information content (AvgIpc) is 2.48. The van der Waals surface area contributed by atoms with Crippen molar-refractivity contribution in [2.75, 3.05) is 12.4 Å². The van der Waals surface area contributed by atoms with Gasteiger partial charge in [-0.3, -0.25) is 0 Å². The van der Waals surface area contributed by atoms with Gasteiger partial charge in [-0.25, -0.2) is 9.18 Å². The largest absolute Gasteiger partial charge is 0.465 e. The molecule has 0 heterocycles. The van der Waals surface area contributed by atoms with Crippen molar-refractivity contribution in [2.45, 2.75) is 13.5 Å². The first-order valence-corrected chi connectivity index (χ1v) is 7.18. The SMILES string of the molecule is COC(=O)c1cccc(NCc2cc(F)ccc2Br)c1C. The number of rotatable bonds is 4. The maximum Gasteiger partial charge on any atom is 0.338 e. The highest BCUT2D eigenvalue weighted by Gasteiger charge is 2.12. The second kappa shape index (κ2) is 6.72. The number of carbonyl (C=O) groups is 1. The molecule has 0 aromatic heterocycles. The van der Waals surface area contributed by atoms with Gasteiger partial charge in [0.05, 0.1) is 12.7 Å². The van der Waals surface area contributed by atoms with Crippen LogP contribution in [0.15, 0.2) is 40.9 Å². The molecule has 5 heteroatoms. The van der Waals surface area contributed by atoms with Crippen molar-refractivity contribution in [3.8, 4) is 0 Å². The maximum atomic E-state index is 13.3. The third-order valence-corrected chi connectivity index (χ3v) is 3.99. The lowest BCUT2D eigenvalue weighted by Gasteiger charge is -2.13. The highest BCUT2D eigenvalue weighted by Crippen LogP contribution is 2.23. The van der Waals surface area contributed by atoms with Crippen LogP contribution in [0.1, 0.15) is 21.5 Å². The second-order valence-corrected chi connectivity index (χ2v) is 5.41. The van der Waals surface area contributed by atoms with Crippen molar-refractivity contribution in [1.29, 1.82) is 0 Å². The normalized spacial score (nSPS) is 10.3. The van der Waals surface area contributed by atoms with Gasteiger partial charge in [0.25, 0.3) is 0 Å². The van der Waals surface area contributed by atoms with Crippen molar-refractivity contribution >= 4 is 27.6 Å². The minimum Gasteiger partial charge on any atom is -0.465 e. The second-order valence-electron chi connectivity index (χ2n) is 4.56. The zero-order valence-corrected chi connectivity index (χ0v) is 13.3. The van der Waals surface area contributed by atoms with Gasteiger partial charge in [-0.05, 0) is 48.4 Å². The fourth-order valence-corrected chi connectivity index (χ4v) is 2.41. The molecule has 21 heavy (non-hydrogen) atoms. The van der Waals surface area contributed by atoms with Crippen LogP contribution < -0.4 is 5.32 Å². The van der Waals surface area contributed by atoms with Gasteiger partial charge in [0.15, 0.2) is 0 Å². The monoisotopic (exact) mass is 351 g/mol. The Balaban J connectivity index is 2.21. The van der Waals surface area contributed by atoms with Crippen LogP contribution in [0.4, 0.5) is 10.1 Å². The van der Waals surface area contributed by atoms with Gasteiger partial charge in [-0.2, -0.15) is 0 Å². The zero-order valence-electron chi connectivity index (χ0n) is 11.7. The van der Waals surface area contributed by atoms with Crippen LogP contribution in [0.3, 0.4) is 0 Å². The van der Waals surface area contributed by atoms with E-state index >= 15 is 0 Å². The molecule has 0 unspecified atom stereocenters. The summed E-state index contributed by atoms with van der Waals surface area (Å²) in [5.74, 6) is -0.655. The van der Waals surface area contributed by atoms with Crippen LogP contribution in [0, 0.1) is 12.7 Å². The predicted molar refractivity (Wildman–Crippen MR) is 83.9 cm³/mol. The van der Waals surface area contributed by atoms with Crippen LogP contribution in [0.2, 0.25) is 0 Å². The Hall–Kier alpha value is -1.88. The van der Waals surface area contributed by atoms with Gasteiger partial charge in [-0.1, -0.05) is 22.0 Å². The lowest BCUT2D eigenvalue weighted by molar-refractivity contribution is 0.0600. The molecule has 0 saturated heterocycles. The van der Waals surface area contributed by atoms with Crippen LogP contribution in [-0.2, 0) is 11.3 Å². The van der Waals surface area contributed by atoms with Gasteiger partial charge in [0, 0.05) is 16.7 Å². The van der Waals surface area contributed by atoms with E-state index in [4.69, 9.17) is 4.74 Å². The topological polar surface area (TPSA) is 38.3 Å². The van der Waals surface area contributed by atoms with E-state index < -0.39 is 0 Å². The highest BCUT2D eigenvalue weighted by molar-refractivity contribution is 9.10. The molecule has 0 fully saturated rings. The van der Waals surface area contributed by atoms with E-state index in [1.807, 2.05) is 13.0 Å². The minimum atomic E-state index is -0.372. The summed E-state index contributed by atoms with van der Waals surface area (Å²) in [6.07, 6.45) is 0. The third kappa shape index (κ3) is 3.61. The van der Waals surface area contributed by atoms with Gasteiger partial charge >= 0.3 is 5.97 Å². The number of esters is 1. The van der Waals surface area contributed by atoms with Crippen molar-refractivity contribution in [3.05, 3.63) is 63.4 Å². The van der Waals surface area contributed by atoms with Crippen molar-refractivity contribution < 1.29 is 13.9 Å². The summed E-state index contributed by atoms with van der Waals surface area (Å²) in [7, 11) is 1.35. The average molecular weight is 352 g/mol. The molecule has 1 N–H and O–H groups in total. The molecular weight excluding hydrogens is 337 g/mol. The van der Waals surface area contributed by atoms with E-state index in [0.717, 1.165) is 21.3 Å². The number of hydrogen-bond acceptors (Lipinski definition) is 3. The molecule has 2 rings (SSSR count). The molecule has 0 atom stereocenters. The van der Waals surface area contributed by atoms with Crippen LogP contribution in [0.5, 0.6) is 0 Å². The molecule has 0 aliphatic heterocycles. The Morgan fingerprint density at radius 1 is 1.33 bits per heavy atom. The molecule has 0 spiro atoms. The van der Waals surface area contributed by atoms with E-state index in [9.17, 15) is 9.18 Å². The third-order valence-electron chi connectivity index (χ3n) is 3.22. The first-order chi connectivity index (χ1) is 10.0. The number of methoxy groups -OCH3 is 1. The van der Waals surface area contributed by atoms with E-state index in [1.54, 1.807) is 18.2 Å². The highest BCUT2D eigenvalue weighted by atomic mass is 79.9. The molecule has 0 saturated carbocycles. The van der Waals surface area contributed by atoms with Gasteiger partial charge in [0.2, 0.25) is 0 Å². The molecule has 0 radical (unpaired) electrons. The molecule has 2 aromatic carbocycles. The van der Waals surface area contributed by atoms with Crippen LogP contribution in [-0.4, -0.2) is 13.1 Å². The quantitative estimate of drug-likeness (QED) is 0.834. The lowest BCUT2D eigenvalue weighted by atomic mass is 10.1. The smallest absolute Gasteiger partial charge is 0.338 e. The summed E-state index contributed by atoms with van der Waals surface area (Å²) in [6.45, 7) is 2.29. The van der Waals surface area contributed by atoms with Gasteiger partial charge in [-0.15, -0.1) is 0 Å². The summed E-state index contributed by atoms with van der Waals surface area (Å²) in [6, 6.07) is 9.90. The summed E-state index contributed by atoms with van der Waals surface area (Å²) in [4.78, 5) is 11.7. The number of benzene rings is 2. The number of anilines is 1. The van der Waals surface area contributed by atoms with E-state index in [1.165, 1.54) is 19.2 Å². The Morgan fingerprint density at radius 2 is 2.10 bits per heavy atom. The summed E-state index contributed by atoms with van der Waals surface area (Å²) in [5.41, 5.74) is 2.93. The first-order valence-electron chi connectivity index (χ1n) is 6.38. The molecule has 0 aliphatic rings. The molecule has 0 bridgehead atoms. The van der Waals surface area contributed by atoms with Gasteiger partial charge in [0.1, 0.15) is 5.82 Å². The number of nitrogens with one attached hydrogen (secondary N) is 1. The number of carbonyl (C=O) groups excluding carboxylic acids is 1. The van der Waals surface area contributed by atoms with E-state index in [-0.39, 0.29) is 11.8 Å². The van der Waals surface area contributed by atoms with Crippen molar-refractivity contribution in [3.63, 3.8) is 0 Å². The Bertz CT molecular complexity index is 673. The maximum absolute atomic E-state index is 13.3. The van der Waals surface area contributed by atoms with Crippen LogP contribution >= 0.6 is 15.9 Å². The van der Waals surface area contributed by atoms with Gasteiger partial charge < -0.3 is 10.1 Å². The van der Waals surface area contributed by atoms with Crippen molar-refractivity contribution in [1.82, 2.24) is 0 Å². The Morgan fingerprint density at radius 3 is 2.81 bits per heavy atom. The molecule has 110 valence electrons. The fourth-order valence-electron chi connectivity index (χ4n) is 2.03. The molecular formula is C16H15BrFNO2. The minimum absolute atomic E-state index is 0.282. The number of ether oxygens (including phenoxy) is 1. The van der Waals surface area contributed by atoms with E-state index in [2.05, 4.69) is 21.2 Å². The fraction of sp³-hybridized carbons (Fsp3) is 0.188. The summed E-state index contributed by atoms with van der Waals surface area (Å²) >= 11 is 3.39. The zero-order chi connectivity index (χ0) is 15.4. The predicted octanol–water partition coefficient (Wildman–Crippen LogP) is 4.30. The first kappa shape index (κ1) is 15.5. The molecule has 0 aliphatic carbocycles. The molecule has 3 nitrogen and oxygen atoms in total. The standard InChI is InChI=1S/C16H15BrFNO2/c1-10-13(16(20)21-2)4-3-5-15(10)19-9-11-8-12(18)6-7-14(11)17/h3-8,19H,9H2,1-2H3. The Labute approximate surface area is 131 Å². The number of hydrogen-bond donors (Lipinski definition) is 1. The molecule has 2 aromatic rings. The lowest BCUT2D eigenvalue weighted by Crippen LogP contribution is -2.08.